The highest BCUT2D eigenvalue weighted by Crippen LogP contribution is 2.44. The molecule has 1 atom stereocenters. The molecule has 0 unspecified atom stereocenters. The number of ether oxygens (including phenoxy) is 1. The van der Waals surface area contributed by atoms with E-state index in [1.807, 2.05) is 48.5 Å². The normalized spacial score (nSPS) is 20.5. The van der Waals surface area contributed by atoms with Gasteiger partial charge in [0.1, 0.15) is 11.5 Å². The van der Waals surface area contributed by atoms with Crippen LogP contribution in [0.15, 0.2) is 48.5 Å². The number of rotatable bonds is 2. The summed E-state index contributed by atoms with van der Waals surface area (Å²) in [4.78, 5) is 13.0. The molecule has 3 heteroatoms. The van der Waals surface area contributed by atoms with Gasteiger partial charge in [-0.3, -0.25) is 4.79 Å². The second kappa shape index (κ2) is 5.01. The molecule has 0 spiro atoms. The number of carbonyl (C=O) groups is 1. The lowest BCUT2D eigenvalue weighted by Gasteiger charge is -2.28. The van der Waals surface area contributed by atoms with Crippen LogP contribution in [0.5, 0.6) is 11.5 Å². The summed E-state index contributed by atoms with van der Waals surface area (Å²) in [5.41, 5.74) is 1.96. The van der Waals surface area contributed by atoms with Gasteiger partial charge in [0.15, 0.2) is 5.78 Å². The van der Waals surface area contributed by atoms with Crippen molar-refractivity contribution in [1.82, 2.24) is 5.32 Å². The van der Waals surface area contributed by atoms with Crippen LogP contribution in [0.1, 0.15) is 29.9 Å². The van der Waals surface area contributed by atoms with Gasteiger partial charge in [-0.15, -0.1) is 0 Å². The van der Waals surface area contributed by atoms with Gasteiger partial charge in [-0.05, 0) is 31.5 Å². The van der Waals surface area contributed by atoms with Gasteiger partial charge in [-0.2, -0.15) is 0 Å². The third-order valence-electron chi connectivity index (χ3n) is 4.37. The summed E-state index contributed by atoms with van der Waals surface area (Å²) in [6.45, 7) is 0.933. The maximum Gasteiger partial charge on any atom is 0.161 e. The van der Waals surface area contributed by atoms with Gasteiger partial charge in [0.25, 0.3) is 0 Å². The van der Waals surface area contributed by atoms with Gasteiger partial charge in [0.05, 0.1) is 12.0 Å². The smallest absolute Gasteiger partial charge is 0.161 e. The topological polar surface area (TPSA) is 38.3 Å². The summed E-state index contributed by atoms with van der Waals surface area (Å²) in [5.74, 6) is 1.64. The highest BCUT2D eigenvalue weighted by molar-refractivity contribution is 5.95. The van der Waals surface area contributed by atoms with Crippen molar-refractivity contribution in [2.75, 3.05) is 6.54 Å². The van der Waals surface area contributed by atoms with E-state index in [4.69, 9.17) is 4.74 Å². The van der Waals surface area contributed by atoms with Gasteiger partial charge >= 0.3 is 0 Å². The summed E-state index contributed by atoms with van der Waals surface area (Å²) in [6.07, 6.45) is 2.00. The summed E-state index contributed by atoms with van der Waals surface area (Å²) in [5, 5.41) is 3.32. The van der Waals surface area contributed by atoms with Crippen molar-refractivity contribution in [2.45, 2.75) is 24.8 Å². The first-order chi connectivity index (χ1) is 10.3. The van der Waals surface area contributed by atoms with Gasteiger partial charge in [0, 0.05) is 11.1 Å². The van der Waals surface area contributed by atoms with Crippen molar-refractivity contribution in [2.24, 2.45) is 0 Å². The SMILES string of the molecule is O=C(C1c2ccccc2Oc2ccccc21)[C@@H]1CCCN1. The third-order valence-corrected chi connectivity index (χ3v) is 4.37. The van der Waals surface area contributed by atoms with E-state index in [9.17, 15) is 4.79 Å². The Kier molecular flexibility index (Phi) is 3.00. The fourth-order valence-electron chi connectivity index (χ4n) is 3.35. The highest BCUT2D eigenvalue weighted by atomic mass is 16.5. The molecule has 0 aliphatic carbocycles. The first-order valence-electron chi connectivity index (χ1n) is 7.47. The molecule has 0 saturated carbocycles. The highest BCUT2D eigenvalue weighted by Gasteiger charge is 2.36. The molecule has 2 heterocycles. The minimum absolute atomic E-state index is 0.0331. The minimum Gasteiger partial charge on any atom is -0.457 e. The summed E-state index contributed by atoms with van der Waals surface area (Å²) >= 11 is 0. The number of hydrogen-bond donors (Lipinski definition) is 1. The summed E-state index contributed by atoms with van der Waals surface area (Å²) < 4.78 is 5.95. The van der Waals surface area contributed by atoms with Crippen LogP contribution < -0.4 is 10.1 Å². The van der Waals surface area contributed by atoms with E-state index in [0.29, 0.717) is 0 Å². The summed E-state index contributed by atoms with van der Waals surface area (Å²) in [7, 11) is 0. The van der Waals surface area contributed by atoms with Crippen LogP contribution in [0, 0.1) is 0 Å². The second-order valence-corrected chi connectivity index (χ2v) is 5.66. The number of nitrogens with one attached hydrogen (secondary N) is 1. The summed E-state index contributed by atoms with van der Waals surface area (Å²) in [6, 6.07) is 15.7. The fourth-order valence-corrected chi connectivity index (χ4v) is 3.35. The van der Waals surface area contributed by atoms with E-state index in [1.54, 1.807) is 0 Å². The molecule has 2 aliphatic rings. The van der Waals surface area contributed by atoms with Crippen LogP contribution in [-0.4, -0.2) is 18.4 Å². The van der Waals surface area contributed by atoms with Crippen LogP contribution >= 0.6 is 0 Å². The van der Waals surface area contributed by atoms with Crippen LogP contribution in [0.4, 0.5) is 0 Å². The first kappa shape index (κ1) is 12.6. The first-order valence-corrected chi connectivity index (χ1v) is 7.47. The zero-order chi connectivity index (χ0) is 14.2. The number of ketones is 1. The number of benzene rings is 2. The molecule has 3 nitrogen and oxygen atoms in total. The molecule has 0 bridgehead atoms. The number of carbonyl (C=O) groups excluding carboxylic acids is 1. The number of fused-ring (bicyclic) bond motifs is 2. The average molecular weight is 279 g/mol. The molecular formula is C18H17NO2. The fraction of sp³-hybridized carbons (Fsp3) is 0.278. The van der Waals surface area contributed by atoms with Gasteiger partial charge in [-0.1, -0.05) is 36.4 Å². The van der Waals surface area contributed by atoms with E-state index >= 15 is 0 Å². The van der Waals surface area contributed by atoms with Crippen molar-refractivity contribution in [3.8, 4) is 11.5 Å². The van der Waals surface area contributed by atoms with E-state index in [2.05, 4.69) is 5.32 Å². The van der Waals surface area contributed by atoms with Crippen molar-refractivity contribution in [3.63, 3.8) is 0 Å². The van der Waals surface area contributed by atoms with Crippen LogP contribution in [-0.2, 0) is 4.79 Å². The van der Waals surface area contributed by atoms with Crippen molar-refractivity contribution in [3.05, 3.63) is 59.7 Å². The van der Waals surface area contributed by atoms with Crippen molar-refractivity contribution >= 4 is 5.78 Å². The molecule has 0 amide bonds. The quantitative estimate of drug-likeness (QED) is 0.917. The molecule has 2 aromatic carbocycles. The maximum atomic E-state index is 13.0. The molecule has 2 aromatic rings. The molecule has 0 aromatic heterocycles. The van der Waals surface area contributed by atoms with E-state index in [-0.39, 0.29) is 17.7 Å². The van der Waals surface area contributed by atoms with Gasteiger partial charge in [-0.25, -0.2) is 0 Å². The third kappa shape index (κ3) is 2.05. The number of hydrogen-bond acceptors (Lipinski definition) is 3. The zero-order valence-corrected chi connectivity index (χ0v) is 11.7. The minimum atomic E-state index is -0.221. The molecule has 0 radical (unpaired) electrons. The van der Waals surface area contributed by atoms with Crippen LogP contribution in [0.25, 0.3) is 0 Å². The number of para-hydroxylation sites is 2. The van der Waals surface area contributed by atoms with E-state index in [1.165, 1.54) is 0 Å². The maximum absolute atomic E-state index is 13.0. The Morgan fingerprint density at radius 3 is 2.19 bits per heavy atom. The van der Waals surface area contributed by atoms with E-state index < -0.39 is 0 Å². The Labute approximate surface area is 123 Å². The monoisotopic (exact) mass is 279 g/mol. The van der Waals surface area contributed by atoms with Gasteiger partial charge in [0.2, 0.25) is 0 Å². The predicted molar refractivity (Wildman–Crippen MR) is 80.8 cm³/mol. The van der Waals surface area contributed by atoms with Crippen LogP contribution in [0.3, 0.4) is 0 Å². The average Bonchev–Trinajstić information content (AvgIpc) is 3.06. The molecule has 1 saturated heterocycles. The molecule has 1 fully saturated rings. The van der Waals surface area contributed by atoms with Crippen molar-refractivity contribution < 1.29 is 9.53 Å². The molecule has 4 rings (SSSR count). The Morgan fingerprint density at radius 1 is 1.00 bits per heavy atom. The second-order valence-electron chi connectivity index (χ2n) is 5.66. The predicted octanol–water partition coefficient (Wildman–Crippen LogP) is 3.25. The largest absolute Gasteiger partial charge is 0.457 e. The Bertz CT molecular complexity index is 644. The lowest BCUT2D eigenvalue weighted by Crippen LogP contribution is -2.36. The number of Topliss-reactive ketones (excluding diaryl/α,β-unsaturated/α-hetero) is 1. The molecule has 2 aliphatic heterocycles. The molecule has 1 N–H and O–H groups in total. The van der Waals surface area contributed by atoms with E-state index in [0.717, 1.165) is 42.0 Å². The molecule has 21 heavy (non-hydrogen) atoms. The lowest BCUT2D eigenvalue weighted by atomic mass is 9.82. The Hall–Kier alpha value is -2.13. The van der Waals surface area contributed by atoms with Crippen molar-refractivity contribution in [1.29, 1.82) is 0 Å². The Morgan fingerprint density at radius 2 is 1.62 bits per heavy atom. The zero-order valence-electron chi connectivity index (χ0n) is 11.7. The molecule has 106 valence electrons. The molecular weight excluding hydrogens is 262 g/mol. The van der Waals surface area contributed by atoms with Crippen LogP contribution in [0.2, 0.25) is 0 Å². The lowest BCUT2D eigenvalue weighted by molar-refractivity contribution is -0.121. The standard InChI is InChI=1S/C18H17NO2/c20-18(14-8-5-11-19-14)17-12-6-1-3-9-15(12)21-16-10-4-2-7-13(16)17/h1-4,6-7,9-10,14,17,19H,5,8,11H2/t14-/m0/s1. The Balaban J connectivity index is 1.83. The van der Waals surface area contributed by atoms with Gasteiger partial charge < -0.3 is 10.1 Å².